The predicted octanol–water partition coefficient (Wildman–Crippen LogP) is 3.42. The normalized spacial score (nSPS) is 14.1. The minimum Gasteiger partial charge on any atom is -0.348 e. The molecule has 1 heterocycles. The summed E-state index contributed by atoms with van der Waals surface area (Å²) in [6, 6.07) is 9.04. The van der Waals surface area contributed by atoms with Gasteiger partial charge in [0, 0.05) is 17.6 Å². The summed E-state index contributed by atoms with van der Waals surface area (Å²) in [5.41, 5.74) is 2.51. The molecule has 2 aromatic rings. The summed E-state index contributed by atoms with van der Waals surface area (Å²) in [5, 5.41) is 10.4. The molecule has 0 spiro atoms. The molecule has 1 aromatic carbocycles. The van der Waals surface area contributed by atoms with Crippen LogP contribution in [-0.4, -0.2) is 21.7 Å². The summed E-state index contributed by atoms with van der Waals surface area (Å²) in [6.45, 7) is 3.98. The third-order valence-corrected chi connectivity index (χ3v) is 3.64. The molecule has 3 rings (SSSR count). The molecule has 114 valence electrons. The fourth-order valence-corrected chi connectivity index (χ4v) is 2.28. The van der Waals surface area contributed by atoms with Crippen LogP contribution in [0.15, 0.2) is 35.5 Å². The Kier molecular flexibility index (Phi) is 3.75. The zero-order valence-corrected chi connectivity index (χ0v) is 12.6. The van der Waals surface area contributed by atoms with E-state index in [2.05, 4.69) is 15.6 Å². The number of hydrogen-bond donors (Lipinski definition) is 1. The Morgan fingerprint density at radius 2 is 2.00 bits per heavy atom. The highest BCUT2D eigenvalue weighted by atomic mass is 16.3. The first-order chi connectivity index (χ1) is 10.6. The Morgan fingerprint density at radius 3 is 2.55 bits per heavy atom. The first kappa shape index (κ1) is 14.4. The molecule has 0 unspecified atom stereocenters. The molecule has 1 amide bonds. The van der Waals surface area contributed by atoms with Gasteiger partial charge in [0.1, 0.15) is 11.4 Å². The summed E-state index contributed by atoms with van der Waals surface area (Å²) in [5.74, 6) is -0.0823. The third kappa shape index (κ3) is 2.90. The molecule has 6 nitrogen and oxygen atoms in total. The average molecular weight is 298 g/mol. The Bertz CT molecular complexity index is 699. The number of benzene rings is 1. The molecular formula is C16H18N4O2. The number of nitrogens with one attached hydrogen (secondary N) is 1. The van der Waals surface area contributed by atoms with Crippen molar-refractivity contribution >= 4 is 11.6 Å². The lowest BCUT2D eigenvalue weighted by Gasteiger charge is -2.10. The van der Waals surface area contributed by atoms with Crippen molar-refractivity contribution in [3.05, 3.63) is 40.9 Å². The van der Waals surface area contributed by atoms with Crippen molar-refractivity contribution in [1.82, 2.24) is 15.1 Å². The fraction of sp³-hybridized carbons (Fsp3) is 0.375. The van der Waals surface area contributed by atoms with E-state index in [1.54, 1.807) is 35.0 Å². The van der Waals surface area contributed by atoms with Crippen molar-refractivity contribution in [2.75, 3.05) is 0 Å². The van der Waals surface area contributed by atoms with E-state index >= 15 is 0 Å². The number of carbonyl (C=O) groups is 1. The second-order valence-corrected chi connectivity index (χ2v) is 5.84. The van der Waals surface area contributed by atoms with Gasteiger partial charge in [0.25, 0.3) is 5.91 Å². The van der Waals surface area contributed by atoms with E-state index in [0.29, 0.717) is 23.1 Å². The number of carbonyl (C=O) groups excluding carboxylic acids is 1. The molecule has 1 aliphatic carbocycles. The number of amides is 1. The van der Waals surface area contributed by atoms with Gasteiger partial charge in [-0.05, 0) is 50.1 Å². The van der Waals surface area contributed by atoms with Crippen molar-refractivity contribution in [1.29, 1.82) is 0 Å². The largest absolute Gasteiger partial charge is 0.348 e. The van der Waals surface area contributed by atoms with Crippen LogP contribution in [0.1, 0.15) is 43.2 Å². The molecule has 0 bridgehead atoms. The third-order valence-electron chi connectivity index (χ3n) is 3.64. The summed E-state index contributed by atoms with van der Waals surface area (Å²) < 4.78 is 1.74. The van der Waals surface area contributed by atoms with Gasteiger partial charge in [-0.25, -0.2) is 0 Å². The number of rotatable bonds is 5. The van der Waals surface area contributed by atoms with Crippen molar-refractivity contribution < 1.29 is 4.79 Å². The first-order valence-corrected chi connectivity index (χ1v) is 7.42. The molecule has 0 atom stereocenters. The van der Waals surface area contributed by atoms with Crippen LogP contribution in [-0.2, 0) is 0 Å². The van der Waals surface area contributed by atoms with E-state index < -0.39 is 0 Å². The number of nitrogens with zero attached hydrogens (tertiary/aromatic N) is 3. The maximum absolute atomic E-state index is 12.3. The number of hydrogen-bond acceptors (Lipinski definition) is 4. The highest BCUT2D eigenvalue weighted by Gasteiger charge is 2.26. The van der Waals surface area contributed by atoms with Gasteiger partial charge in [-0.1, -0.05) is 12.1 Å². The van der Waals surface area contributed by atoms with E-state index in [1.165, 1.54) is 0 Å². The minimum absolute atomic E-state index is 0.0823. The monoisotopic (exact) mass is 298 g/mol. The Labute approximate surface area is 128 Å². The summed E-state index contributed by atoms with van der Waals surface area (Å²) in [6.07, 6.45) is 2.10. The second kappa shape index (κ2) is 5.71. The van der Waals surface area contributed by atoms with Gasteiger partial charge >= 0.3 is 0 Å². The highest BCUT2D eigenvalue weighted by Crippen LogP contribution is 2.25. The summed E-state index contributed by atoms with van der Waals surface area (Å²) in [4.78, 5) is 22.8. The zero-order chi connectivity index (χ0) is 15.7. The van der Waals surface area contributed by atoms with Crippen LogP contribution in [0.3, 0.4) is 0 Å². The summed E-state index contributed by atoms with van der Waals surface area (Å²) in [7, 11) is 0. The topological polar surface area (TPSA) is 76.3 Å². The molecule has 6 heteroatoms. The van der Waals surface area contributed by atoms with Gasteiger partial charge < -0.3 is 5.32 Å². The standard InChI is InChI=1S/C16H18N4O2/c1-10(2)20-15(16(21)17-12-7-8-12)9-14(18-20)11-3-5-13(19-22)6-4-11/h3-6,9-10,12H,7-8H2,1-2H3,(H,17,21). The average Bonchev–Trinajstić information content (AvgIpc) is 3.21. The van der Waals surface area contributed by atoms with E-state index in [1.807, 2.05) is 13.8 Å². The molecule has 1 aliphatic rings. The van der Waals surface area contributed by atoms with Crippen LogP contribution in [0.5, 0.6) is 0 Å². The molecule has 1 saturated carbocycles. The van der Waals surface area contributed by atoms with Crippen LogP contribution in [0.25, 0.3) is 11.3 Å². The smallest absolute Gasteiger partial charge is 0.269 e. The maximum Gasteiger partial charge on any atom is 0.269 e. The van der Waals surface area contributed by atoms with Gasteiger partial charge in [-0.2, -0.15) is 5.10 Å². The van der Waals surface area contributed by atoms with Gasteiger partial charge in [0.05, 0.1) is 5.69 Å². The predicted molar refractivity (Wildman–Crippen MR) is 84.0 cm³/mol. The highest BCUT2D eigenvalue weighted by molar-refractivity contribution is 5.94. The van der Waals surface area contributed by atoms with Crippen molar-refractivity contribution in [2.45, 2.75) is 38.8 Å². The molecule has 1 aromatic heterocycles. The van der Waals surface area contributed by atoms with Crippen molar-refractivity contribution in [2.24, 2.45) is 5.18 Å². The van der Waals surface area contributed by atoms with Crippen molar-refractivity contribution in [3.63, 3.8) is 0 Å². The quantitative estimate of drug-likeness (QED) is 0.859. The van der Waals surface area contributed by atoms with Crippen LogP contribution in [0.4, 0.5) is 5.69 Å². The van der Waals surface area contributed by atoms with Crippen LogP contribution < -0.4 is 5.32 Å². The number of nitroso groups, excluding NO2 is 1. The second-order valence-electron chi connectivity index (χ2n) is 5.84. The van der Waals surface area contributed by atoms with E-state index in [9.17, 15) is 9.70 Å². The van der Waals surface area contributed by atoms with E-state index in [0.717, 1.165) is 18.4 Å². The van der Waals surface area contributed by atoms with Gasteiger partial charge in [-0.15, -0.1) is 4.91 Å². The molecule has 22 heavy (non-hydrogen) atoms. The first-order valence-electron chi connectivity index (χ1n) is 7.42. The minimum atomic E-state index is -0.0823. The molecule has 0 radical (unpaired) electrons. The zero-order valence-electron chi connectivity index (χ0n) is 12.6. The molecule has 0 saturated heterocycles. The van der Waals surface area contributed by atoms with Gasteiger partial charge in [0.2, 0.25) is 0 Å². The lowest BCUT2D eigenvalue weighted by molar-refractivity contribution is 0.0938. The SMILES string of the molecule is CC(C)n1nc(-c2ccc(N=O)cc2)cc1C(=O)NC1CC1. The number of aromatic nitrogens is 2. The Morgan fingerprint density at radius 1 is 1.32 bits per heavy atom. The van der Waals surface area contributed by atoms with Gasteiger partial charge in [0.15, 0.2) is 0 Å². The van der Waals surface area contributed by atoms with Gasteiger partial charge in [-0.3, -0.25) is 9.48 Å². The molecular weight excluding hydrogens is 280 g/mol. The van der Waals surface area contributed by atoms with E-state index in [-0.39, 0.29) is 11.9 Å². The fourth-order valence-electron chi connectivity index (χ4n) is 2.28. The van der Waals surface area contributed by atoms with E-state index in [4.69, 9.17) is 0 Å². The maximum atomic E-state index is 12.3. The molecule has 1 N–H and O–H groups in total. The Hall–Kier alpha value is -2.50. The van der Waals surface area contributed by atoms with Crippen LogP contribution in [0, 0.1) is 4.91 Å². The van der Waals surface area contributed by atoms with Crippen LogP contribution >= 0.6 is 0 Å². The summed E-state index contributed by atoms with van der Waals surface area (Å²) >= 11 is 0. The Balaban J connectivity index is 1.93. The molecule has 1 fully saturated rings. The molecule has 0 aliphatic heterocycles. The lowest BCUT2D eigenvalue weighted by Crippen LogP contribution is -2.28. The van der Waals surface area contributed by atoms with Crippen molar-refractivity contribution in [3.8, 4) is 11.3 Å². The van der Waals surface area contributed by atoms with Crippen LogP contribution in [0.2, 0.25) is 0 Å². The lowest BCUT2D eigenvalue weighted by atomic mass is 10.1.